The van der Waals surface area contributed by atoms with Gasteiger partial charge in [0.1, 0.15) is 0 Å². The van der Waals surface area contributed by atoms with Crippen LogP contribution in [0.2, 0.25) is 0 Å². The van der Waals surface area contributed by atoms with Gasteiger partial charge in [-0.25, -0.2) is 0 Å². The van der Waals surface area contributed by atoms with Crippen molar-refractivity contribution in [1.29, 1.82) is 0 Å². The molecule has 0 aliphatic carbocycles. The molecule has 1 aliphatic heterocycles. The van der Waals surface area contributed by atoms with E-state index in [2.05, 4.69) is 33.8 Å². The van der Waals surface area contributed by atoms with E-state index < -0.39 is 5.60 Å². The van der Waals surface area contributed by atoms with Crippen LogP contribution in [0.1, 0.15) is 31.9 Å². The Balaban J connectivity index is 2.01. The molecule has 1 N–H and O–H groups in total. The van der Waals surface area contributed by atoms with E-state index in [1.165, 1.54) is 5.69 Å². The van der Waals surface area contributed by atoms with Crippen LogP contribution < -0.4 is 4.90 Å². The molecule has 4 heteroatoms. The van der Waals surface area contributed by atoms with Gasteiger partial charge >= 0.3 is 0 Å². The summed E-state index contributed by atoms with van der Waals surface area (Å²) >= 11 is 0. The molecule has 1 atom stereocenters. The van der Waals surface area contributed by atoms with Gasteiger partial charge in [0.05, 0.1) is 17.5 Å². The number of aryl methyl sites for hydroxylation is 1. The number of likely N-dealkylation sites (N-methyl/N-ethyl adjacent to an activating group) is 1. The van der Waals surface area contributed by atoms with Crippen LogP contribution >= 0.6 is 0 Å². The predicted octanol–water partition coefficient (Wildman–Crippen LogP) is 1.93. The second-order valence-corrected chi connectivity index (χ2v) is 6.16. The summed E-state index contributed by atoms with van der Waals surface area (Å²) in [6, 6.07) is 4.26. The van der Waals surface area contributed by atoms with Gasteiger partial charge in [0.2, 0.25) is 0 Å². The minimum Gasteiger partial charge on any atom is -0.388 e. The van der Waals surface area contributed by atoms with E-state index in [4.69, 9.17) is 0 Å². The summed E-state index contributed by atoms with van der Waals surface area (Å²) in [5.74, 6) is 0. The molecule has 20 heavy (non-hydrogen) atoms. The van der Waals surface area contributed by atoms with Crippen LogP contribution in [0.15, 0.2) is 18.3 Å². The molecule has 0 spiro atoms. The van der Waals surface area contributed by atoms with Gasteiger partial charge in [-0.3, -0.25) is 4.98 Å². The lowest BCUT2D eigenvalue weighted by Gasteiger charge is -2.30. The Morgan fingerprint density at radius 1 is 1.30 bits per heavy atom. The van der Waals surface area contributed by atoms with Crippen LogP contribution in [-0.4, -0.2) is 54.3 Å². The van der Waals surface area contributed by atoms with E-state index >= 15 is 0 Å². The molecule has 1 aromatic rings. The van der Waals surface area contributed by atoms with Gasteiger partial charge in [-0.2, -0.15) is 0 Å². The lowest BCUT2D eigenvalue weighted by molar-refractivity contribution is 0.00538. The molecule has 0 amide bonds. The number of aromatic nitrogens is 1. The number of hydrogen-bond donors (Lipinski definition) is 1. The summed E-state index contributed by atoms with van der Waals surface area (Å²) in [7, 11) is 4.04. The smallest absolute Gasteiger partial charge is 0.0791 e. The maximum Gasteiger partial charge on any atom is 0.0791 e. The van der Waals surface area contributed by atoms with Crippen molar-refractivity contribution in [2.75, 3.05) is 38.6 Å². The molecular weight excluding hydrogens is 250 g/mol. The molecule has 1 aliphatic rings. The summed E-state index contributed by atoms with van der Waals surface area (Å²) in [4.78, 5) is 8.90. The van der Waals surface area contributed by atoms with Gasteiger partial charge in [-0.15, -0.1) is 0 Å². The van der Waals surface area contributed by atoms with Crippen molar-refractivity contribution in [1.82, 2.24) is 9.88 Å². The third kappa shape index (κ3) is 3.93. The number of pyridine rings is 1. The van der Waals surface area contributed by atoms with Crippen molar-refractivity contribution in [2.24, 2.45) is 0 Å². The Morgan fingerprint density at radius 2 is 2.10 bits per heavy atom. The first-order valence-corrected chi connectivity index (χ1v) is 7.59. The lowest BCUT2D eigenvalue weighted by Crippen LogP contribution is -2.41. The highest BCUT2D eigenvalue weighted by atomic mass is 16.3. The van der Waals surface area contributed by atoms with Crippen LogP contribution in [0.4, 0.5) is 5.69 Å². The summed E-state index contributed by atoms with van der Waals surface area (Å²) in [6.07, 6.45) is 5.67. The van der Waals surface area contributed by atoms with E-state index in [9.17, 15) is 5.11 Å². The first-order chi connectivity index (χ1) is 9.52. The number of rotatable bonds is 4. The van der Waals surface area contributed by atoms with Gasteiger partial charge in [0.25, 0.3) is 0 Å². The third-order valence-corrected chi connectivity index (χ3v) is 4.06. The maximum absolute atomic E-state index is 10.7. The zero-order chi connectivity index (χ0) is 14.6. The van der Waals surface area contributed by atoms with E-state index in [1.54, 1.807) is 0 Å². The standard InChI is InChI=1S/C16H27N3O/c1-4-14-6-7-15(12-17-14)19-10-5-8-16(20,9-11-19)13-18(2)3/h6-7,12,20H,4-5,8-11,13H2,1-3H3. The molecule has 4 nitrogen and oxygen atoms in total. The highest BCUT2D eigenvalue weighted by molar-refractivity contribution is 5.44. The quantitative estimate of drug-likeness (QED) is 0.913. The molecule has 112 valence electrons. The summed E-state index contributed by atoms with van der Waals surface area (Å²) in [6.45, 7) is 4.77. The summed E-state index contributed by atoms with van der Waals surface area (Å²) in [5, 5.41) is 10.7. The second kappa shape index (κ2) is 6.55. The first kappa shape index (κ1) is 15.3. The maximum atomic E-state index is 10.7. The Hall–Kier alpha value is -1.13. The Kier molecular flexibility index (Phi) is 5.00. The van der Waals surface area contributed by atoms with Crippen molar-refractivity contribution in [3.8, 4) is 0 Å². The van der Waals surface area contributed by atoms with E-state index in [1.807, 2.05) is 20.3 Å². The summed E-state index contributed by atoms with van der Waals surface area (Å²) < 4.78 is 0. The lowest BCUT2D eigenvalue weighted by atomic mass is 9.94. The third-order valence-electron chi connectivity index (χ3n) is 4.06. The van der Waals surface area contributed by atoms with Gasteiger partial charge in [0.15, 0.2) is 0 Å². The molecule has 1 saturated heterocycles. The highest BCUT2D eigenvalue weighted by Crippen LogP contribution is 2.26. The van der Waals surface area contributed by atoms with Crippen molar-refractivity contribution >= 4 is 5.69 Å². The predicted molar refractivity (Wildman–Crippen MR) is 83.2 cm³/mol. The van der Waals surface area contributed by atoms with Crippen LogP contribution in [0, 0.1) is 0 Å². The largest absolute Gasteiger partial charge is 0.388 e. The normalized spacial score (nSPS) is 23.9. The van der Waals surface area contributed by atoms with Crippen molar-refractivity contribution in [3.63, 3.8) is 0 Å². The van der Waals surface area contributed by atoms with E-state index in [0.717, 1.165) is 51.0 Å². The van der Waals surface area contributed by atoms with Crippen LogP contribution in [0.5, 0.6) is 0 Å². The van der Waals surface area contributed by atoms with Crippen LogP contribution in [-0.2, 0) is 6.42 Å². The molecule has 2 rings (SSSR count). The number of aliphatic hydroxyl groups is 1. The first-order valence-electron chi connectivity index (χ1n) is 7.59. The number of hydrogen-bond acceptors (Lipinski definition) is 4. The SMILES string of the molecule is CCc1ccc(N2CCCC(O)(CN(C)C)CC2)cn1. The molecule has 0 radical (unpaired) electrons. The molecule has 0 saturated carbocycles. The Morgan fingerprint density at radius 3 is 2.70 bits per heavy atom. The minimum atomic E-state index is -0.547. The molecule has 1 unspecified atom stereocenters. The topological polar surface area (TPSA) is 39.6 Å². The van der Waals surface area contributed by atoms with Crippen LogP contribution in [0.3, 0.4) is 0 Å². The Bertz CT molecular complexity index is 418. The fraction of sp³-hybridized carbons (Fsp3) is 0.688. The fourth-order valence-corrected chi connectivity index (χ4v) is 3.00. The zero-order valence-electron chi connectivity index (χ0n) is 13.0. The molecule has 1 aromatic heterocycles. The molecule has 0 aromatic carbocycles. The number of nitrogens with zero attached hydrogens (tertiary/aromatic N) is 3. The highest BCUT2D eigenvalue weighted by Gasteiger charge is 2.30. The zero-order valence-corrected chi connectivity index (χ0v) is 13.0. The fourth-order valence-electron chi connectivity index (χ4n) is 3.00. The van der Waals surface area contributed by atoms with Crippen molar-refractivity contribution < 1.29 is 5.11 Å². The van der Waals surface area contributed by atoms with Gasteiger partial charge in [-0.05, 0) is 51.9 Å². The molecule has 2 heterocycles. The average Bonchev–Trinajstić information content (AvgIpc) is 2.60. The average molecular weight is 277 g/mol. The van der Waals surface area contributed by atoms with Gasteiger partial charge < -0.3 is 14.9 Å². The van der Waals surface area contributed by atoms with Crippen molar-refractivity contribution in [3.05, 3.63) is 24.0 Å². The van der Waals surface area contributed by atoms with Gasteiger partial charge in [-0.1, -0.05) is 6.92 Å². The summed E-state index contributed by atoms with van der Waals surface area (Å²) in [5.41, 5.74) is 1.76. The second-order valence-electron chi connectivity index (χ2n) is 6.16. The number of anilines is 1. The minimum absolute atomic E-state index is 0.547. The molecular formula is C16H27N3O. The van der Waals surface area contributed by atoms with Crippen molar-refractivity contribution in [2.45, 2.75) is 38.2 Å². The van der Waals surface area contributed by atoms with Gasteiger partial charge in [0, 0.05) is 25.3 Å². The van der Waals surface area contributed by atoms with Crippen LogP contribution in [0.25, 0.3) is 0 Å². The molecule has 0 bridgehead atoms. The van der Waals surface area contributed by atoms with E-state index in [-0.39, 0.29) is 0 Å². The molecule has 1 fully saturated rings. The Labute approximate surface area is 122 Å². The monoisotopic (exact) mass is 277 g/mol. The van der Waals surface area contributed by atoms with E-state index in [0.29, 0.717) is 0 Å².